The van der Waals surface area contributed by atoms with E-state index in [1.165, 1.54) is 0 Å². The average molecular weight is 398 g/mol. The maximum absolute atomic E-state index is 13.5. The Bertz CT molecular complexity index is 1200. The van der Waals surface area contributed by atoms with Crippen LogP contribution in [0.4, 0.5) is 0 Å². The summed E-state index contributed by atoms with van der Waals surface area (Å²) in [7, 11) is 1.66. The van der Waals surface area contributed by atoms with E-state index in [0.29, 0.717) is 11.2 Å². The highest BCUT2D eigenvalue weighted by Gasteiger charge is 2.32. The summed E-state index contributed by atoms with van der Waals surface area (Å²) in [4.78, 5) is 19.9. The summed E-state index contributed by atoms with van der Waals surface area (Å²) in [5.74, 6) is 0.769. The van der Waals surface area contributed by atoms with Crippen molar-refractivity contribution in [2.24, 2.45) is 0 Å². The second kappa shape index (κ2) is 7.63. The predicted octanol–water partition coefficient (Wildman–Crippen LogP) is 4.38. The van der Waals surface area contributed by atoms with Gasteiger partial charge in [0.25, 0.3) is 5.91 Å². The molecule has 4 aromatic rings. The Morgan fingerprint density at radius 1 is 1.10 bits per heavy atom. The fraction of sp³-hybridized carbons (Fsp3) is 0.208. The van der Waals surface area contributed by atoms with Gasteiger partial charge in [-0.1, -0.05) is 42.5 Å². The van der Waals surface area contributed by atoms with Gasteiger partial charge in [-0.05, 0) is 36.6 Å². The fourth-order valence-electron chi connectivity index (χ4n) is 4.23. The molecule has 1 amide bonds. The van der Waals surface area contributed by atoms with Gasteiger partial charge in [0.15, 0.2) is 5.65 Å². The molecular weight excluding hydrogens is 376 g/mol. The van der Waals surface area contributed by atoms with Crippen LogP contribution in [0, 0.1) is 0 Å². The SMILES string of the molecule is COc1cccc([C@H]2CCCN2C(=O)c2cnn3c(-c4ccccc4)ccnc23)c1. The number of hydrogen-bond donors (Lipinski definition) is 0. The first-order chi connectivity index (χ1) is 14.8. The normalized spacial score (nSPS) is 16.2. The third-order valence-corrected chi connectivity index (χ3v) is 5.69. The number of methoxy groups -OCH3 is 1. The molecule has 3 heterocycles. The van der Waals surface area contributed by atoms with E-state index < -0.39 is 0 Å². The summed E-state index contributed by atoms with van der Waals surface area (Å²) >= 11 is 0. The van der Waals surface area contributed by atoms with Gasteiger partial charge in [-0.3, -0.25) is 4.79 Å². The number of aromatic nitrogens is 3. The average Bonchev–Trinajstić information content (AvgIpc) is 3.47. The molecule has 2 aromatic heterocycles. The van der Waals surface area contributed by atoms with Crippen LogP contribution in [-0.4, -0.2) is 39.1 Å². The van der Waals surface area contributed by atoms with Crippen molar-refractivity contribution in [3.05, 3.63) is 84.2 Å². The maximum atomic E-state index is 13.5. The molecule has 0 radical (unpaired) electrons. The van der Waals surface area contributed by atoms with Crippen LogP contribution in [0.5, 0.6) is 5.75 Å². The number of hydrogen-bond acceptors (Lipinski definition) is 4. The molecule has 0 unspecified atom stereocenters. The largest absolute Gasteiger partial charge is 0.497 e. The lowest BCUT2D eigenvalue weighted by molar-refractivity contribution is 0.0737. The molecule has 2 aromatic carbocycles. The van der Waals surface area contributed by atoms with Crippen molar-refractivity contribution in [1.29, 1.82) is 0 Å². The second-order valence-electron chi connectivity index (χ2n) is 7.42. The van der Waals surface area contributed by atoms with Crippen LogP contribution in [-0.2, 0) is 0 Å². The van der Waals surface area contributed by atoms with Crippen molar-refractivity contribution < 1.29 is 9.53 Å². The highest BCUT2D eigenvalue weighted by atomic mass is 16.5. The van der Waals surface area contributed by atoms with E-state index in [1.54, 1.807) is 24.0 Å². The van der Waals surface area contributed by atoms with Gasteiger partial charge < -0.3 is 9.64 Å². The number of amides is 1. The van der Waals surface area contributed by atoms with Gasteiger partial charge in [0.1, 0.15) is 11.3 Å². The van der Waals surface area contributed by atoms with Crippen LogP contribution in [0.2, 0.25) is 0 Å². The smallest absolute Gasteiger partial charge is 0.259 e. The number of nitrogens with zero attached hydrogens (tertiary/aromatic N) is 4. The summed E-state index contributed by atoms with van der Waals surface area (Å²) in [5.41, 5.74) is 4.14. The summed E-state index contributed by atoms with van der Waals surface area (Å²) < 4.78 is 7.12. The van der Waals surface area contributed by atoms with Gasteiger partial charge in [-0.15, -0.1) is 0 Å². The highest BCUT2D eigenvalue weighted by Crippen LogP contribution is 2.35. The summed E-state index contributed by atoms with van der Waals surface area (Å²) in [5, 5.41) is 4.50. The topological polar surface area (TPSA) is 59.7 Å². The van der Waals surface area contributed by atoms with E-state index in [9.17, 15) is 4.79 Å². The van der Waals surface area contributed by atoms with E-state index in [-0.39, 0.29) is 11.9 Å². The number of benzene rings is 2. The first-order valence-electron chi connectivity index (χ1n) is 10.1. The molecule has 0 aliphatic carbocycles. The predicted molar refractivity (Wildman–Crippen MR) is 114 cm³/mol. The number of fused-ring (bicyclic) bond motifs is 1. The van der Waals surface area contributed by atoms with E-state index >= 15 is 0 Å². The lowest BCUT2D eigenvalue weighted by Gasteiger charge is -2.25. The van der Waals surface area contributed by atoms with Crippen molar-refractivity contribution in [3.63, 3.8) is 0 Å². The van der Waals surface area contributed by atoms with E-state index in [1.807, 2.05) is 59.5 Å². The zero-order chi connectivity index (χ0) is 20.5. The third-order valence-electron chi connectivity index (χ3n) is 5.69. The van der Waals surface area contributed by atoms with Gasteiger partial charge in [0.05, 0.1) is 25.0 Å². The molecule has 1 aliphatic rings. The molecule has 1 saturated heterocycles. The van der Waals surface area contributed by atoms with Crippen LogP contribution in [0.15, 0.2) is 73.1 Å². The number of carbonyl (C=O) groups excluding carboxylic acids is 1. The minimum atomic E-state index is -0.0342. The minimum Gasteiger partial charge on any atom is -0.497 e. The molecule has 150 valence electrons. The van der Waals surface area contributed by atoms with Crippen LogP contribution in [0.25, 0.3) is 16.9 Å². The van der Waals surface area contributed by atoms with Crippen molar-refractivity contribution in [1.82, 2.24) is 19.5 Å². The Morgan fingerprint density at radius 2 is 1.97 bits per heavy atom. The first kappa shape index (κ1) is 18.4. The molecular formula is C24H22N4O2. The first-order valence-corrected chi connectivity index (χ1v) is 10.1. The standard InChI is InChI=1S/C24H22N4O2/c1-30-19-10-5-9-18(15-19)21-11-6-14-27(21)24(29)20-16-26-28-22(12-13-25-23(20)28)17-7-3-2-4-8-17/h2-5,7-10,12-13,15-16,21H,6,11,14H2,1H3/t21-/m1/s1. The number of likely N-dealkylation sites (tertiary alicyclic amines) is 1. The quantitative estimate of drug-likeness (QED) is 0.512. The maximum Gasteiger partial charge on any atom is 0.259 e. The highest BCUT2D eigenvalue weighted by molar-refractivity contribution is 6.00. The zero-order valence-corrected chi connectivity index (χ0v) is 16.7. The Kier molecular flexibility index (Phi) is 4.67. The van der Waals surface area contributed by atoms with E-state index in [2.05, 4.69) is 16.1 Å². The summed E-state index contributed by atoms with van der Waals surface area (Å²) in [6.07, 6.45) is 5.27. The Balaban J connectivity index is 1.52. The Labute approximate surface area is 174 Å². The van der Waals surface area contributed by atoms with Gasteiger partial charge in [0.2, 0.25) is 0 Å². The van der Waals surface area contributed by atoms with Crippen LogP contribution in [0.3, 0.4) is 0 Å². The lowest BCUT2D eigenvalue weighted by Crippen LogP contribution is -2.30. The number of ether oxygens (including phenoxy) is 1. The monoisotopic (exact) mass is 398 g/mol. The molecule has 0 saturated carbocycles. The van der Waals surface area contributed by atoms with Crippen molar-refractivity contribution in [3.8, 4) is 17.0 Å². The molecule has 1 aliphatic heterocycles. The Morgan fingerprint density at radius 3 is 2.80 bits per heavy atom. The minimum absolute atomic E-state index is 0.0276. The number of rotatable bonds is 4. The van der Waals surface area contributed by atoms with Crippen LogP contribution < -0.4 is 4.74 Å². The fourth-order valence-corrected chi connectivity index (χ4v) is 4.23. The van der Waals surface area contributed by atoms with Crippen molar-refractivity contribution in [2.75, 3.05) is 13.7 Å². The molecule has 5 rings (SSSR count). The van der Waals surface area contributed by atoms with Crippen molar-refractivity contribution in [2.45, 2.75) is 18.9 Å². The molecule has 0 spiro atoms. The molecule has 6 heteroatoms. The summed E-state index contributed by atoms with van der Waals surface area (Å²) in [6.45, 7) is 0.719. The third kappa shape index (κ3) is 3.10. The van der Waals surface area contributed by atoms with Gasteiger partial charge in [0, 0.05) is 18.3 Å². The van der Waals surface area contributed by atoms with Gasteiger partial charge in [-0.25, -0.2) is 9.50 Å². The van der Waals surface area contributed by atoms with Gasteiger partial charge >= 0.3 is 0 Å². The molecule has 1 fully saturated rings. The lowest BCUT2D eigenvalue weighted by atomic mass is 10.0. The second-order valence-corrected chi connectivity index (χ2v) is 7.42. The Hall–Kier alpha value is -3.67. The van der Waals surface area contributed by atoms with Crippen LogP contribution >= 0.6 is 0 Å². The van der Waals surface area contributed by atoms with E-state index in [4.69, 9.17) is 4.74 Å². The molecule has 0 N–H and O–H groups in total. The van der Waals surface area contributed by atoms with Crippen LogP contribution in [0.1, 0.15) is 34.8 Å². The zero-order valence-electron chi connectivity index (χ0n) is 16.7. The van der Waals surface area contributed by atoms with Crippen molar-refractivity contribution >= 4 is 11.6 Å². The molecule has 30 heavy (non-hydrogen) atoms. The molecule has 1 atom stereocenters. The molecule has 6 nitrogen and oxygen atoms in total. The summed E-state index contributed by atoms with van der Waals surface area (Å²) in [6, 6.07) is 19.9. The molecule has 0 bridgehead atoms. The number of carbonyl (C=O) groups is 1. The van der Waals surface area contributed by atoms with E-state index in [0.717, 1.165) is 42.0 Å². The van der Waals surface area contributed by atoms with Gasteiger partial charge in [-0.2, -0.15) is 5.10 Å².